The molecule has 22 heavy (non-hydrogen) atoms. The molecule has 6 nitrogen and oxygen atoms in total. The maximum atomic E-state index is 11.7. The Morgan fingerprint density at radius 2 is 2.05 bits per heavy atom. The van der Waals surface area contributed by atoms with Crippen molar-refractivity contribution < 1.29 is 9.63 Å². The first-order chi connectivity index (χ1) is 10.7. The monoisotopic (exact) mass is 330 g/mol. The number of nitrogens with two attached hydrogens (primary N) is 1. The summed E-state index contributed by atoms with van der Waals surface area (Å²) in [6.45, 7) is 0. The molecule has 0 spiro atoms. The highest BCUT2D eigenvalue weighted by Crippen LogP contribution is 2.18. The van der Waals surface area contributed by atoms with Crippen molar-refractivity contribution in [3.8, 4) is 11.3 Å². The Morgan fingerprint density at radius 1 is 1.23 bits per heavy atom. The van der Waals surface area contributed by atoms with Crippen molar-refractivity contribution in [3.63, 3.8) is 0 Å². The molecule has 3 aromatic rings. The van der Waals surface area contributed by atoms with Crippen LogP contribution in [0.15, 0.2) is 52.3 Å². The van der Waals surface area contributed by atoms with Gasteiger partial charge in [0, 0.05) is 16.5 Å². The lowest BCUT2D eigenvalue weighted by molar-refractivity contribution is 0.0522. The number of nitrogens with zero attached hydrogens (tertiary/aromatic N) is 3. The number of benzene rings is 1. The molecule has 0 aliphatic heterocycles. The van der Waals surface area contributed by atoms with Crippen LogP contribution in [0.1, 0.15) is 15.2 Å². The molecule has 3 rings (SSSR count). The summed E-state index contributed by atoms with van der Waals surface area (Å²) in [6, 6.07) is 10.7. The van der Waals surface area contributed by atoms with Gasteiger partial charge in [0.05, 0.1) is 0 Å². The highest BCUT2D eigenvalue weighted by atomic mass is 32.1. The number of carbonyl (C=O) groups excluding carboxylic acids is 1. The summed E-state index contributed by atoms with van der Waals surface area (Å²) >= 11 is 2.57. The van der Waals surface area contributed by atoms with Gasteiger partial charge in [-0.05, 0) is 23.0 Å². The molecule has 0 bridgehead atoms. The predicted molar refractivity (Wildman–Crippen MR) is 85.8 cm³/mol. The minimum Gasteiger partial charge on any atom is -0.380 e. The van der Waals surface area contributed by atoms with Gasteiger partial charge in [0.25, 0.3) is 0 Å². The molecule has 2 heterocycles. The van der Waals surface area contributed by atoms with Gasteiger partial charge in [-0.3, -0.25) is 0 Å². The topological polar surface area (TPSA) is 90.5 Å². The van der Waals surface area contributed by atoms with E-state index in [4.69, 9.17) is 10.6 Å². The molecular weight excluding hydrogens is 320 g/mol. The molecule has 0 aliphatic carbocycles. The average Bonchev–Trinajstić information content (AvgIpc) is 3.25. The Kier molecular flexibility index (Phi) is 4.22. The lowest BCUT2D eigenvalue weighted by Gasteiger charge is -2.02. The normalized spacial score (nSPS) is 11.4. The van der Waals surface area contributed by atoms with Gasteiger partial charge in [-0.15, -0.1) is 16.4 Å². The van der Waals surface area contributed by atoms with E-state index in [1.165, 1.54) is 22.9 Å². The molecule has 1 aromatic carbocycles. The SMILES string of the molecule is N/C(=N\OC(=O)c1cccs1)c1ccc(-c2csnn2)cc1. The Bertz CT molecular complexity index is 781. The fourth-order valence-corrected chi connectivity index (χ4v) is 2.74. The zero-order valence-corrected chi connectivity index (χ0v) is 12.8. The molecule has 110 valence electrons. The van der Waals surface area contributed by atoms with E-state index in [2.05, 4.69) is 14.7 Å². The number of amidine groups is 1. The first kappa shape index (κ1) is 14.4. The van der Waals surface area contributed by atoms with E-state index in [-0.39, 0.29) is 5.84 Å². The number of thiophene rings is 1. The van der Waals surface area contributed by atoms with Crippen LogP contribution in [0.2, 0.25) is 0 Å². The van der Waals surface area contributed by atoms with Gasteiger partial charge < -0.3 is 10.6 Å². The quantitative estimate of drug-likeness (QED) is 0.344. The van der Waals surface area contributed by atoms with E-state index in [0.717, 1.165) is 11.3 Å². The minimum atomic E-state index is -0.525. The van der Waals surface area contributed by atoms with Crippen LogP contribution >= 0.6 is 22.9 Å². The van der Waals surface area contributed by atoms with Crippen LogP contribution in [-0.4, -0.2) is 21.4 Å². The molecular formula is C14H10N4O2S2. The molecule has 2 N–H and O–H groups in total. The van der Waals surface area contributed by atoms with Gasteiger partial charge in [0.1, 0.15) is 10.6 Å². The molecule has 0 aliphatic rings. The second kappa shape index (κ2) is 6.46. The summed E-state index contributed by atoms with van der Waals surface area (Å²) < 4.78 is 3.82. The number of aromatic nitrogens is 2. The van der Waals surface area contributed by atoms with Crippen LogP contribution in [0.4, 0.5) is 0 Å². The number of hydrogen-bond acceptors (Lipinski definition) is 7. The maximum Gasteiger partial charge on any atom is 0.375 e. The maximum absolute atomic E-state index is 11.7. The van der Waals surface area contributed by atoms with Crippen LogP contribution in [-0.2, 0) is 4.84 Å². The van der Waals surface area contributed by atoms with Crippen LogP contribution in [0.3, 0.4) is 0 Å². The van der Waals surface area contributed by atoms with Crippen LogP contribution in [0, 0.1) is 0 Å². The van der Waals surface area contributed by atoms with E-state index < -0.39 is 5.97 Å². The van der Waals surface area contributed by atoms with Gasteiger partial charge in [-0.1, -0.05) is 40.0 Å². The van der Waals surface area contributed by atoms with Gasteiger partial charge in [0.15, 0.2) is 5.84 Å². The highest BCUT2D eigenvalue weighted by molar-refractivity contribution is 7.11. The van der Waals surface area contributed by atoms with Crippen molar-refractivity contribution in [2.75, 3.05) is 0 Å². The third-order valence-corrected chi connectivity index (χ3v) is 4.14. The van der Waals surface area contributed by atoms with Crippen LogP contribution in [0.5, 0.6) is 0 Å². The van der Waals surface area contributed by atoms with Crippen molar-refractivity contribution in [3.05, 3.63) is 57.6 Å². The third-order valence-electron chi connectivity index (χ3n) is 2.79. The first-order valence-corrected chi connectivity index (χ1v) is 7.92. The zero-order valence-electron chi connectivity index (χ0n) is 11.2. The van der Waals surface area contributed by atoms with Gasteiger partial charge >= 0.3 is 5.97 Å². The van der Waals surface area contributed by atoms with E-state index in [1.54, 1.807) is 29.6 Å². The Labute approximate surface area is 134 Å². The van der Waals surface area contributed by atoms with Crippen LogP contribution in [0.25, 0.3) is 11.3 Å². The Hall–Kier alpha value is -2.58. The second-order valence-corrected chi connectivity index (χ2v) is 5.76. The summed E-state index contributed by atoms with van der Waals surface area (Å²) in [4.78, 5) is 17.0. The number of rotatable bonds is 4. The molecule has 2 aromatic heterocycles. The number of oxime groups is 1. The zero-order chi connectivity index (χ0) is 15.4. The van der Waals surface area contributed by atoms with Crippen molar-refractivity contribution >= 4 is 34.7 Å². The van der Waals surface area contributed by atoms with Crippen molar-refractivity contribution in [1.82, 2.24) is 9.59 Å². The Morgan fingerprint density at radius 3 is 2.68 bits per heavy atom. The van der Waals surface area contributed by atoms with Gasteiger partial charge in [0.2, 0.25) is 0 Å². The smallest absolute Gasteiger partial charge is 0.375 e. The lowest BCUT2D eigenvalue weighted by Crippen LogP contribution is -2.15. The molecule has 0 radical (unpaired) electrons. The number of carbonyl (C=O) groups is 1. The Balaban J connectivity index is 1.70. The van der Waals surface area contributed by atoms with E-state index in [9.17, 15) is 4.79 Å². The lowest BCUT2D eigenvalue weighted by atomic mass is 10.1. The third kappa shape index (κ3) is 3.18. The van der Waals surface area contributed by atoms with Gasteiger partial charge in [-0.2, -0.15) is 0 Å². The summed E-state index contributed by atoms with van der Waals surface area (Å²) in [5, 5.41) is 11.3. The fraction of sp³-hybridized carbons (Fsp3) is 0. The van der Waals surface area contributed by atoms with Crippen molar-refractivity contribution in [2.24, 2.45) is 10.9 Å². The number of hydrogen-bond donors (Lipinski definition) is 1. The molecule has 0 amide bonds. The predicted octanol–water partition coefficient (Wildman–Crippen LogP) is 2.74. The molecule has 0 saturated carbocycles. The standard InChI is InChI=1S/C14H10N4O2S2/c15-13(17-20-14(19)12-2-1-7-21-12)10-5-3-9(4-6-10)11-8-22-18-16-11/h1-8H,(H2,15,17). The molecule has 0 atom stereocenters. The highest BCUT2D eigenvalue weighted by Gasteiger charge is 2.09. The summed E-state index contributed by atoms with van der Waals surface area (Å²) in [5.74, 6) is -0.393. The van der Waals surface area contributed by atoms with Crippen molar-refractivity contribution in [2.45, 2.75) is 0 Å². The van der Waals surface area contributed by atoms with E-state index in [1.807, 2.05) is 17.5 Å². The summed E-state index contributed by atoms with van der Waals surface area (Å²) in [7, 11) is 0. The second-order valence-electron chi connectivity index (χ2n) is 4.20. The average molecular weight is 330 g/mol. The largest absolute Gasteiger partial charge is 0.380 e. The van der Waals surface area contributed by atoms with Crippen molar-refractivity contribution in [1.29, 1.82) is 0 Å². The summed E-state index contributed by atoms with van der Waals surface area (Å²) in [5.41, 5.74) is 8.21. The minimum absolute atomic E-state index is 0.132. The van der Waals surface area contributed by atoms with Crippen LogP contribution < -0.4 is 5.73 Å². The first-order valence-electron chi connectivity index (χ1n) is 6.20. The van der Waals surface area contributed by atoms with Gasteiger partial charge in [-0.25, -0.2) is 4.79 Å². The van der Waals surface area contributed by atoms with E-state index in [0.29, 0.717) is 10.4 Å². The summed E-state index contributed by atoms with van der Waals surface area (Å²) in [6.07, 6.45) is 0. The molecule has 0 saturated heterocycles. The van der Waals surface area contributed by atoms with E-state index >= 15 is 0 Å². The molecule has 8 heteroatoms. The fourth-order valence-electron chi connectivity index (χ4n) is 1.69. The molecule has 0 fully saturated rings. The molecule has 0 unspecified atom stereocenters.